The Bertz CT molecular complexity index is 443. The molecule has 0 aromatic heterocycles. The fourth-order valence-electron chi connectivity index (χ4n) is 2.45. The maximum atomic E-state index is 12.0. The molecule has 152 valence electrons. The Hall–Kier alpha value is -1.22. The minimum absolute atomic E-state index is 0.316. The number of ether oxygens (including phenoxy) is 1. The molecule has 0 saturated carbocycles. The molecule has 0 aliphatic heterocycles. The number of hydrogen-bond acceptors (Lipinski definition) is 6. The minimum Gasteiger partial charge on any atom is -0.453 e. The van der Waals surface area contributed by atoms with Crippen LogP contribution in [-0.2, 0) is 27.6 Å². The van der Waals surface area contributed by atoms with E-state index < -0.39 is 26.3 Å². The zero-order valence-corrected chi connectivity index (χ0v) is 18.1. The first-order valence-corrected chi connectivity index (χ1v) is 10.9. The van der Waals surface area contributed by atoms with Gasteiger partial charge in [-0.25, -0.2) is 4.79 Å². The van der Waals surface area contributed by atoms with Crippen LogP contribution in [0.2, 0.25) is 6.04 Å². The molecule has 7 nitrogen and oxygen atoms in total. The van der Waals surface area contributed by atoms with Gasteiger partial charge in [-0.3, -0.25) is 4.79 Å². The lowest BCUT2D eigenvalue weighted by molar-refractivity contribution is -0.165. The Morgan fingerprint density at radius 3 is 2.23 bits per heavy atom. The van der Waals surface area contributed by atoms with Crippen LogP contribution in [0.25, 0.3) is 0 Å². The average molecular weight is 390 g/mol. The van der Waals surface area contributed by atoms with Crippen LogP contribution in [0.3, 0.4) is 0 Å². The van der Waals surface area contributed by atoms with Gasteiger partial charge >= 0.3 is 20.7 Å². The second-order valence-electron chi connectivity index (χ2n) is 6.91. The molecule has 0 aliphatic carbocycles. The number of carbonyl (C=O) groups is 2. The Morgan fingerprint density at radius 2 is 1.73 bits per heavy atom. The second kappa shape index (κ2) is 12.2. The van der Waals surface area contributed by atoms with Crippen molar-refractivity contribution in [3.63, 3.8) is 0 Å². The molecule has 1 unspecified atom stereocenters. The molecular weight excluding hydrogens is 354 g/mol. The fraction of sp³-hybridized carbons (Fsp3) is 0.778. The fourth-order valence-corrected chi connectivity index (χ4v) is 4.17. The quantitative estimate of drug-likeness (QED) is 0.171. The van der Waals surface area contributed by atoms with Gasteiger partial charge in [0.1, 0.15) is 5.60 Å². The van der Waals surface area contributed by atoms with Crippen LogP contribution in [0, 0.1) is 5.92 Å². The van der Waals surface area contributed by atoms with Gasteiger partial charge < -0.3 is 23.3 Å². The third kappa shape index (κ3) is 9.47. The number of esters is 1. The third-order valence-electron chi connectivity index (χ3n) is 4.27. The highest BCUT2D eigenvalue weighted by Crippen LogP contribution is 2.20. The summed E-state index contributed by atoms with van der Waals surface area (Å²) in [6.07, 6.45) is 5.03. The van der Waals surface area contributed by atoms with E-state index in [1.54, 1.807) is 0 Å². The highest BCUT2D eigenvalue weighted by Gasteiger charge is 2.37. The van der Waals surface area contributed by atoms with E-state index in [1.807, 2.05) is 19.9 Å². The predicted molar refractivity (Wildman–Crippen MR) is 103 cm³/mol. The summed E-state index contributed by atoms with van der Waals surface area (Å²) in [6.45, 7) is 9.79. The summed E-state index contributed by atoms with van der Waals surface area (Å²) in [4.78, 5) is 23.9. The molecule has 0 aliphatic rings. The third-order valence-corrected chi connectivity index (χ3v) is 7.11. The number of nitrogens with one attached hydrogen (secondary N) is 1. The standard InChI is InChI=1S/C18H35NO6Si/c1-8-15(2)11-9-12-18(3,4)25-17(21)16(20)19-13-10-14-26(22-5,23-6)24-7/h8,15H,1,9-14H2,2-7H3,(H,19,20). The molecule has 0 aromatic rings. The monoisotopic (exact) mass is 389 g/mol. The number of carbonyl (C=O) groups excluding carboxylic acids is 2. The van der Waals surface area contributed by atoms with Gasteiger partial charge in [-0.1, -0.05) is 13.0 Å². The van der Waals surface area contributed by atoms with Crippen LogP contribution in [0.5, 0.6) is 0 Å². The minimum atomic E-state index is -2.66. The topological polar surface area (TPSA) is 83.1 Å². The van der Waals surface area contributed by atoms with Crippen molar-refractivity contribution in [1.29, 1.82) is 0 Å². The molecule has 0 saturated heterocycles. The molecule has 8 heteroatoms. The number of allylic oxidation sites excluding steroid dienone is 1. The maximum absolute atomic E-state index is 12.0. The summed E-state index contributed by atoms with van der Waals surface area (Å²) in [5, 5.41) is 2.56. The van der Waals surface area contributed by atoms with Gasteiger partial charge in [0.05, 0.1) is 0 Å². The van der Waals surface area contributed by atoms with Gasteiger partial charge in [0, 0.05) is 33.9 Å². The molecule has 1 N–H and O–H groups in total. The number of rotatable bonds is 13. The van der Waals surface area contributed by atoms with Gasteiger partial charge in [0.25, 0.3) is 0 Å². The number of hydrogen-bond donors (Lipinski definition) is 1. The first-order chi connectivity index (χ1) is 12.1. The Labute approximate surface area is 158 Å². The van der Waals surface area contributed by atoms with Crippen LogP contribution in [0.4, 0.5) is 0 Å². The van der Waals surface area contributed by atoms with Gasteiger partial charge in [-0.05, 0) is 45.4 Å². The van der Waals surface area contributed by atoms with Crippen molar-refractivity contribution in [2.24, 2.45) is 5.92 Å². The van der Waals surface area contributed by atoms with Crippen LogP contribution in [0.1, 0.15) is 46.5 Å². The molecule has 0 aromatic carbocycles. The normalized spacial score (nSPS) is 13.2. The highest BCUT2D eigenvalue weighted by molar-refractivity contribution is 6.60. The highest BCUT2D eigenvalue weighted by atomic mass is 28.4. The summed E-state index contributed by atoms with van der Waals surface area (Å²) < 4.78 is 21.2. The molecule has 0 rings (SSSR count). The maximum Gasteiger partial charge on any atom is 0.500 e. The average Bonchev–Trinajstić information content (AvgIpc) is 2.61. The first kappa shape index (κ1) is 24.8. The van der Waals surface area contributed by atoms with E-state index in [2.05, 4.69) is 18.8 Å². The predicted octanol–water partition coefficient (Wildman–Crippen LogP) is 2.69. The van der Waals surface area contributed by atoms with E-state index in [0.29, 0.717) is 31.3 Å². The smallest absolute Gasteiger partial charge is 0.453 e. The molecule has 0 fully saturated rings. The van der Waals surface area contributed by atoms with E-state index >= 15 is 0 Å². The second-order valence-corrected chi connectivity index (χ2v) is 10.0. The first-order valence-electron chi connectivity index (χ1n) is 8.94. The van der Waals surface area contributed by atoms with Crippen molar-refractivity contribution in [3.05, 3.63) is 12.7 Å². The van der Waals surface area contributed by atoms with Gasteiger partial charge in [0.15, 0.2) is 0 Å². The van der Waals surface area contributed by atoms with E-state index in [9.17, 15) is 9.59 Å². The summed E-state index contributed by atoms with van der Waals surface area (Å²) in [5.41, 5.74) is -0.681. The largest absolute Gasteiger partial charge is 0.500 e. The molecule has 1 atom stereocenters. The summed E-state index contributed by atoms with van der Waals surface area (Å²) in [5.74, 6) is -1.18. The van der Waals surface area contributed by atoms with Crippen molar-refractivity contribution >= 4 is 20.7 Å². The van der Waals surface area contributed by atoms with Gasteiger partial charge in [0.2, 0.25) is 0 Å². The van der Waals surface area contributed by atoms with E-state index in [-0.39, 0.29) is 0 Å². The molecule has 1 amide bonds. The Morgan fingerprint density at radius 1 is 1.15 bits per heavy atom. The SMILES string of the molecule is C=CC(C)CCCC(C)(C)OC(=O)C(=O)NCCC[Si](OC)(OC)OC. The van der Waals surface area contributed by atoms with Crippen LogP contribution in [0.15, 0.2) is 12.7 Å². The van der Waals surface area contributed by atoms with E-state index in [1.165, 1.54) is 21.3 Å². The van der Waals surface area contributed by atoms with Crippen LogP contribution in [-0.4, -0.2) is 54.2 Å². The molecule has 26 heavy (non-hydrogen) atoms. The van der Waals surface area contributed by atoms with Crippen LogP contribution >= 0.6 is 0 Å². The summed E-state index contributed by atoms with van der Waals surface area (Å²) in [7, 11) is 1.95. The van der Waals surface area contributed by atoms with E-state index in [4.69, 9.17) is 18.0 Å². The summed E-state index contributed by atoms with van der Waals surface area (Å²) >= 11 is 0. The van der Waals surface area contributed by atoms with Crippen molar-refractivity contribution < 1.29 is 27.6 Å². The zero-order chi connectivity index (χ0) is 20.2. The van der Waals surface area contributed by atoms with Crippen molar-refractivity contribution in [2.45, 2.75) is 58.1 Å². The van der Waals surface area contributed by atoms with Crippen molar-refractivity contribution in [3.8, 4) is 0 Å². The molecule has 0 bridgehead atoms. The lowest BCUT2D eigenvalue weighted by atomic mass is 9.97. The molecule has 0 spiro atoms. The Kier molecular flexibility index (Phi) is 11.6. The molecular formula is C18H35NO6Si. The van der Waals surface area contributed by atoms with Crippen molar-refractivity contribution in [2.75, 3.05) is 27.9 Å². The summed E-state index contributed by atoms with van der Waals surface area (Å²) in [6, 6.07) is 0.540. The zero-order valence-electron chi connectivity index (χ0n) is 17.1. The van der Waals surface area contributed by atoms with Crippen molar-refractivity contribution in [1.82, 2.24) is 5.32 Å². The molecule has 0 radical (unpaired) electrons. The molecule has 0 heterocycles. The Balaban J connectivity index is 4.22. The lowest BCUT2D eigenvalue weighted by Gasteiger charge is -2.25. The van der Waals surface area contributed by atoms with E-state index in [0.717, 1.165) is 12.8 Å². The lowest BCUT2D eigenvalue weighted by Crippen LogP contribution is -2.44. The van der Waals surface area contributed by atoms with Gasteiger partial charge in [-0.15, -0.1) is 6.58 Å². The number of amides is 1. The van der Waals surface area contributed by atoms with Crippen LogP contribution < -0.4 is 5.32 Å². The van der Waals surface area contributed by atoms with Gasteiger partial charge in [-0.2, -0.15) is 0 Å².